The van der Waals surface area contributed by atoms with E-state index in [1.54, 1.807) is 24.5 Å². The third-order valence-corrected chi connectivity index (χ3v) is 6.54. The molecular formula is C26H32FN5O2S. The Morgan fingerprint density at radius 3 is 2.57 bits per heavy atom. The van der Waals surface area contributed by atoms with Crippen molar-refractivity contribution in [3.05, 3.63) is 82.0 Å². The molecule has 3 aromatic rings. The lowest BCUT2D eigenvalue weighted by Gasteiger charge is -2.14. The van der Waals surface area contributed by atoms with Gasteiger partial charge in [0.1, 0.15) is 12.1 Å². The van der Waals surface area contributed by atoms with Crippen molar-refractivity contribution in [1.29, 1.82) is 0 Å². The molecule has 0 atom stereocenters. The molecule has 0 fully saturated rings. The van der Waals surface area contributed by atoms with Gasteiger partial charge in [0.15, 0.2) is 5.16 Å². The fraction of sp³-hybridized carbons (Fsp3) is 0.423. The number of carbonyl (C=O) groups is 1. The van der Waals surface area contributed by atoms with Crippen LogP contribution in [0, 0.1) is 5.82 Å². The standard InChI is InChI=1S/C26H32FN5O2S/c1-2-3-4-5-12-30-24(33)7-6-13-32-17-22(14-21-15-28-19-29-16-21)25(34)31-26(32)35-18-20-8-10-23(27)11-9-20/h8-11,15-17,19H,2-7,12-14,18H2,1H3,(H,30,33). The van der Waals surface area contributed by atoms with Crippen LogP contribution < -0.4 is 10.9 Å². The molecule has 0 saturated heterocycles. The number of aromatic nitrogens is 4. The molecule has 9 heteroatoms. The van der Waals surface area contributed by atoms with Crippen molar-refractivity contribution in [2.75, 3.05) is 6.54 Å². The van der Waals surface area contributed by atoms with Crippen LogP contribution in [0.25, 0.3) is 0 Å². The van der Waals surface area contributed by atoms with Crippen molar-refractivity contribution in [1.82, 2.24) is 24.8 Å². The van der Waals surface area contributed by atoms with E-state index in [-0.39, 0.29) is 17.3 Å². The molecule has 0 aliphatic heterocycles. The highest BCUT2D eigenvalue weighted by Crippen LogP contribution is 2.21. The van der Waals surface area contributed by atoms with Gasteiger partial charge in [0.2, 0.25) is 5.91 Å². The lowest BCUT2D eigenvalue weighted by atomic mass is 10.1. The van der Waals surface area contributed by atoms with E-state index in [4.69, 9.17) is 0 Å². The number of rotatable bonds is 14. The van der Waals surface area contributed by atoms with E-state index in [0.717, 1.165) is 24.0 Å². The van der Waals surface area contributed by atoms with Gasteiger partial charge in [0, 0.05) is 55.8 Å². The van der Waals surface area contributed by atoms with Gasteiger partial charge in [-0.1, -0.05) is 50.1 Å². The second-order valence-electron chi connectivity index (χ2n) is 8.40. The lowest BCUT2D eigenvalue weighted by molar-refractivity contribution is -0.121. The van der Waals surface area contributed by atoms with Crippen LogP contribution in [-0.4, -0.2) is 32.0 Å². The normalized spacial score (nSPS) is 10.9. The van der Waals surface area contributed by atoms with Crippen LogP contribution in [-0.2, 0) is 23.5 Å². The number of carbonyl (C=O) groups excluding carboxylic acids is 1. The fourth-order valence-electron chi connectivity index (χ4n) is 3.57. The first-order valence-electron chi connectivity index (χ1n) is 12.0. The molecule has 0 radical (unpaired) electrons. The zero-order valence-electron chi connectivity index (χ0n) is 20.1. The number of hydrogen-bond acceptors (Lipinski definition) is 6. The van der Waals surface area contributed by atoms with Gasteiger partial charge in [0.25, 0.3) is 5.56 Å². The molecule has 186 valence electrons. The molecular weight excluding hydrogens is 465 g/mol. The van der Waals surface area contributed by atoms with Crippen molar-refractivity contribution in [2.24, 2.45) is 0 Å². The third kappa shape index (κ3) is 9.24. The second kappa shape index (κ2) is 14.4. The van der Waals surface area contributed by atoms with Gasteiger partial charge in [-0.05, 0) is 36.1 Å². The van der Waals surface area contributed by atoms with Crippen molar-refractivity contribution in [2.45, 2.75) is 69.3 Å². The number of benzene rings is 1. The minimum Gasteiger partial charge on any atom is -0.356 e. The molecule has 0 bridgehead atoms. The molecule has 0 unspecified atom stereocenters. The van der Waals surface area contributed by atoms with E-state index >= 15 is 0 Å². The zero-order chi connectivity index (χ0) is 24.9. The quantitative estimate of drug-likeness (QED) is 0.200. The van der Waals surface area contributed by atoms with Gasteiger partial charge < -0.3 is 9.88 Å². The average molecular weight is 498 g/mol. The van der Waals surface area contributed by atoms with Crippen molar-refractivity contribution in [3.63, 3.8) is 0 Å². The number of thioether (sulfide) groups is 1. The Morgan fingerprint density at radius 2 is 1.83 bits per heavy atom. The van der Waals surface area contributed by atoms with Crippen molar-refractivity contribution < 1.29 is 9.18 Å². The monoisotopic (exact) mass is 497 g/mol. The Hall–Kier alpha value is -3.07. The predicted molar refractivity (Wildman–Crippen MR) is 136 cm³/mol. The first-order valence-corrected chi connectivity index (χ1v) is 13.0. The molecule has 7 nitrogen and oxygen atoms in total. The largest absolute Gasteiger partial charge is 0.356 e. The Bertz CT molecular complexity index is 1120. The van der Waals surface area contributed by atoms with Gasteiger partial charge in [0.05, 0.1) is 0 Å². The van der Waals surface area contributed by atoms with Crippen LogP contribution in [0.15, 0.2) is 59.1 Å². The summed E-state index contributed by atoms with van der Waals surface area (Å²) in [6.45, 7) is 3.43. The van der Waals surface area contributed by atoms with Crippen molar-refractivity contribution >= 4 is 17.7 Å². The van der Waals surface area contributed by atoms with Gasteiger partial charge in [-0.3, -0.25) is 9.59 Å². The van der Waals surface area contributed by atoms with E-state index in [0.29, 0.717) is 48.8 Å². The van der Waals surface area contributed by atoms with Gasteiger partial charge in [-0.15, -0.1) is 0 Å². The number of halogens is 1. The molecule has 1 N–H and O–H groups in total. The summed E-state index contributed by atoms with van der Waals surface area (Å²) in [5.41, 5.74) is 2.01. The maximum Gasteiger partial charge on any atom is 0.277 e. The van der Waals surface area contributed by atoms with E-state index in [9.17, 15) is 14.0 Å². The maximum atomic E-state index is 13.2. The van der Waals surface area contributed by atoms with Crippen LogP contribution in [0.4, 0.5) is 4.39 Å². The first-order chi connectivity index (χ1) is 17.0. The number of amides is 1. The summed E-state index contributed by atoms with van der Waals surface area (Å²) in [6, 6.07) is 6.28. The Labute approximate surface area is 209 Å². The number of nitrogens with zero attached hydrogens (tertiary/aromatic N) is 4. The zero-order valence-corrected chi connectivity index (χ0v) is 20.9. The molecule has 35 heavy (non-hydrogen) atoms. The van der Waals surface area contributed by atoms with Gasteiger partial charge in [-0.25, -0.2) is 14.4 Å². The third-order valence-electron chi connectivity index (χ3n) is 5.47. The molecule has 1 amide bonds. The number of hydrogen-bond donors (Lipinski definition) is 1. The van der Waals surface area contributed by atoms with Crippen LogP contribution in [0.2, 0.25) is 0 Å². The SMILES string of the molecule is CCCCCCNC(=O)CCCn1cc(Cc2cncnc2)c(=O)nc1SCc1ccc(F)cc1. The summed E-state index contributed by atoms with van der Waals surface area (Å²) in [7, 11) is 0. The molecule has 3 rings (SSSR count). The molecule has 2 heterocycles. The smallest absolute Gasteiger partial charge is 0.277 e. The average Bonchev–Trinajstić information content (AvgIpc) is 2.86. The van der Waals surface area contributed by atoms with Gasteiger partial charge in [-0.2, -0.15) is 4.98 Å². The summed E-state index contributed by atoms with van der Waals surface area (Å²) in [5, 5.41) is 3.56. The molecule has 0 saturated carbocycles. The highest BCUT2D eigenvalue weighted by molar-refractivity contribution is 7.98. The van der Waals surface area contributed by atoms with E-state index in [1.165, 1.54) is 43.1 Å². The molecule has 0 aliphatic rings. The summed E-state index contributed by atoms with van der Waals surface area (Å²) < 4.78 is 15.2. The summed E-state index contributed by atoms with van der Waals surface area (Å²) in [5.74, 6) is 0.306. The molecule has 0 spiro atoms. The first kappa shape index (κ1) is 26.5. The molecule has 2 aromatic heterocycles. The second-order valence-corrected chi connectivity index (χ2v) is 9.34. The number of nitrogens with one attached hydrogen (secondary N) is 1. The Morgan fingerprint density at radius 1 is 1.06 bits per heavy atom. The topological polar surface area (TPSA) is 89.8 Å². The Kier molecular flexibility index (Phi) is 10.9. The van der Waals surface area contributed by atoms with Crippen LogP contribution in [0.3, 0.4) is 0 Å². The Balaban J connectivity index is 1.66. The minimum absolute atomic E-state index is 0.0395. The van der Waals surface area contributed by atoms with Gasteiger partial charge >= 0.3 is 0 Å². The number of unbranched alkanes of at least 4 members (excludes halogenated alkanes) is 3. The molecule has 1 aromatic carbocycles. The van der Waals surface area contributed by atoms with E-state index < -0.39 is 0 Å². The summed E-state index contributed by atoms with van der Waals surface area (Å²) in [6.07, 6.45) is 12.5. The fourth-order valence-corrected chi connectivity index (χ4v) is 4.51. The van der Waals surface area contributed by atoms with Crippen LogP contribution >= 0.6 is 11.8 Å². The lowest BCUT2D eigenvalue weighted by Crippen LogP contribution is -2.25. The van der Waals surface area contributed by atoms with E-state index in [2.05, 4.69) is 27.2 Å². The summed E-state index contributed by atoms with van der Waals surface area (Å²) >= 11 is 1.42. The highest BCUT2D eigenvalue weighted by Gasteiger charge is 2.12. The van der Waals surface area contributed by atoms with Crippen LogP contribution in [0.1, 0.15) is 62.1 Å². The predicted octanol–water partition coefficient (Wildman–Crippen LogP) is 4.53. The highest BCUT2D eigenvalue weighted by atomic mass is 32.2. The number of aryl methyl sites for hydroxylation is 1. The molecule has 0 aliphatic carbocycles. The minimum atomic E-state index is -0.295. The van der Waals surface area contributed by atoms with Crippen LogP contribution in [0.5, 0.6) is 0 Å². The summed E-state index contributed by atoms with van der Waals surface area (Å²) in [4.78, 5) is 37.3. The van der Waals surface area contributed by atoms with Crippen molar-refractivity contribution in [3.8, 4) is 0 Å². The van der Waals surface area contributed by atoms with E-state index in [1.807, 2.05) is 10.8 Å². The maximum absolute atomic E-state index is 13.2.